The van der Waals surface area contributed by atoms with Crippen LogP contribution in [0.4, 0.5) is 4.79 Å². The molecule has 1 aromatic rings. The lowest BCUT2D eigenvalue weighted by Gasteiger charge is -2.33. The number of rotatable bonds is 3. The maximum atomic E-state index is 12.4. The number of hydrogen-bond acceptors (Lipinski definition) is 3. The van der Waals surface area contributed by atoms with Gasteiger partial charge in [-0.25, -0.2) is 4.79 Å². The zero-order valence-electron chi connectivity index (χ0n) is 13.3. The maximum Gasteiger partial charge on any atom is 0.327 e. The van der Waals surface area contributed by atoms with Crippen LogP contribution in [0.15, 0.2) is 30.3 Å². The Bertz CT molecular complexity index is 609. The van der Waals surface area contributed by atoms with E-state index in [0.717, 1.165) is 17.7 Å². The number of carbonyl (C=O) groups is 3. The molecular weight excluding hydrogens is 294 g/mol. The summed E-state index contributed by atoms with van der Waals surface area (Å²) in [5.74, 6) is 0.0277. The molecule has 2 aliphatic rings. The molecule has 0 N–H and O–H groups in total. The van der Waals surface area contributed by atoms with E-state index in [1.807, 2.05) is 18.2 Å². The summed E-state index contributed by atoms with van der Waals surface area (Å²) in [4.78, 5) is 40.1. The average Bonchev–Trinajstić information content (AvgIpc) is 2.82. The molecule has 2 fully saturated rings. The first kappa shape index (κ1) is 15.5. The normalized spacial score (nSPS) is 19.6. The second-order valence-corrected chi connectivity index (χ2v) is 6.18. The molecule has 2 aliphatic heterocycles. The number of benzene rings is 1. The molecule has 6 nitrogen and oxygen atoms in total. The largest absolute Gasteiger partial charge is 0.341 e. The number of likely N-dealkylation sites (N-methyl/N-ethyl adjacent to an activating group) is 1. The van der Waals surface area contributed by atoms with Crippen LogP contribution in [0, 0.1) is 0 Å². The summed E-state index contributed by atoms with van der Waals surface area (Å²) in [6.07, 6.45) is 1.83. The van der Waals surface area contributed by atoms with E-state index in [4.69, 9.17) is 0 Å². The Balaban J connectivity index is 1.55. The van der Waals surface area contributed by atoms with Gasteiger partial charge in [-0.3, -0.25) is 14.5 Å². The molecule has 2 heterocycles. The van der Waals surface area contributed by atoms with Crippen LogP contribution >= 0.6 is 0 Å². The molecule has 0 saturated carbocycles. The van der Waals surface area contributed by atoms with Crippen LogP contribution in [0.25, 0.3) is 0 Å². The molecule has 3 rings (SSSR count). The standard InChI is InChI=1S/C17H21N3O3/c1-18-11-16(22)20(17(18)23)12-15(21)19-9-7-14(8-10-19)13-5-3-2-4-6-13/h2-6,14H,7-12H2,1H3. The van der Waals surface area contributed by atoms with Gasteiger partial charge in [0.05, 0.1) is 0 Å². The third-order valence-corrected chi connectivity index (χ3v) is 4.64. The molecule has 2 saturated heterocycles. The monoisotopic (exact) mass is 315 g/mol. The summed E-state index contributed by atoms with van der Waals surface area (Å²) in [6.45, 7) is 1.26. The summed E-state index contributed by atoms with van der Waals surface area (Å²) in [5.41, 5.74) is 1.31. The lowest BCUT2D eigenvalue weighted by Crippen LogP contribution is -2.45. The minimum absolute atomic E-state index is 0.0577. The number of hydrogen-bond donors (Lipinski definition) is 0. The number of amides is 4. The highest BCUT2D eigenvalue weighted by Crippen LogP contribution is 2.27. The summed E-state index contributed by atoms with van der Waals surface area (Å²) in [5, 5.41) is 0. The smallest absolute Gasteiger partial charge is 0.327 e. The van der Waals surface area contributed by atoms with Crippen LogP contribution in [-0.2, 0) is 9.59 Å². The number of urea groups is 1. The molecule has 0 atom stereocenters. The van der Waals surface area contributed by atoms with Crippen molar-refractivity contribution >= 4 is 17.8 Å². The van der Waals surface area contributed by atoms with Gasteiger partial charge in [-0.15, -0.1) is 0 Å². The van der Waals surface area contributed by atoms with E-state index in [1.54, 1.807) is 11.9 Å². The highest BCUT2D eigenvalue weighted by molar-refractivity contribution is 6.04. The number of imide groups is 1. The topological polar surface area (TPSA) is 60.9 Å². The van der Waals surface area contributed by atoms with Crippen LogP contribution in [0.3, 0.4) is 0 Å². The van der Waals surface area contributed by atoms with Gasteiger partial charge in [0.25, 0.3) is 5.91 Å². The summed E-state index contributed by atoms with van der Waals surface area (Å²) in [7, 11) is 1.57. The maximum absolute atomic E-state index is 12.4. The van der Waals surface area contributed by atoms with E-state index >= 15 is 0 Å². The third kappa shape index (κ3) is 3.21. The average molecular weight is 315 g/mol. The highest BCUT2D eigenvalue weighted by Gasteiger charge is 2.36. The quantitative estimate of drug-likeness (QED) is 0.790. The molecule has 0 unspecified atom stereocenters. The zero-order chi connectivity index (χ0) is 16.4. The fourth-order valence-corrected chi connectivity index (χ4v) is 3.25. The van der Waals surface area contributed by atoms with Gasteiger partial charge in [0.15, 0.2) is 0 Å². The summed E-state index contributed by atoms with van der Waals surface area (Å²) >= 11 is 0. The Morgan fingerprint density at radius 2 is 1.78 bits per heavy atom. The lowest BCUT2D eigenvalue weighted by molar-refractivity contribution is -0.137. The van der Waals surface area contributed by atoms with Crippen molar-refractivity contribution < 1.29 is 14.4 Å². The Labute approximate surface area is 135 Å². The van der Waals surface area contributed by atoms with Gasteiger partial charge in [-0.05, 0) is 24.3 Å². The summed E-state index contributed by atoms with van der Waals surface area (Å²) < 4.78 is 0. The van der Waals surface area contributed by atoms with Crippen molar-refractivity contribution in [2.24, 2.45) is 0 Å². The van der Waals surface area contributed by atoms with Gasteiger partial charge in [0.1, 0.15) is 13.1 Å². The molecule has 6 heteroatoms. The van der Waals surface area contributed by atoms with Gasteiger partial charge in [-0.2, -0.15) is 0 Å². The molecule has 4 amide bonds. The van der Waals surface area contributed by atoms with E-state index in [-0.39, 0.29) is 30.9 Å². The minimum atomic E-state index is -0.387. The first-order valence-corrected chi connectivity index (χ1v) is 7.94. The zero-order valence-corrected chi connectivity index (χ0v) is 13.3. The summed E-state index contributed by atoms with van der Waals surface area (Å²) in [6, 6.07) is 9.94. The molecule has 122 valence electrons. The fraction of sp³-hybridized carbons (Fsp3) is 0.471. The van der Waals surface area contributed by atoms with Gasteiger partial charge in [0, 0.05) is 20.1 Å². The predicted molar refractivity (Wildman–Crippen MR) is 84.7 cm³/mol. The minimum Gasteiger partial charge on any atom is -0.341 e. The third-order valence-electron chi connectivity index (χ3n) is 4.64. The van der Waals surface area contributed by atoms with E-state index in [2.05, 4.69) is 12.1 Å². The van der Waals surface area contributed by atoms with Gasteiger partial charge in [-0.1, -0.05) is 30.3 Å². The first-order chi connectivity index (χ1) is 11.1. The molecule has 0 bridgehead atoms. The SMILES string of the molecule is CN1CC(=O)N(CC(=O)N2CCC(c3ccccc3)CC2)C1=O. The second-order valence-electron chi connectivity index (χ2n) is 6.18. The van der Waals surface area contributed by atoms with Crippen molar-refractivity contribution in [2.75, 3.05) is 33.2 Å². The Morgan fingerprint density at radius 1 is 1.13 bits per heavy atom. The molecule has 0 aromatic heterocycles. The van der Waals surface area contributed by atoms with E-state index < -0.39 is 0 Å². The number of likely N-dealkylation sites (tertiary alicyclic amines) is 1. The van der Waals surface area contributed by atoms with Gasteiger partial charge < -0.3 is 9.80 Å². The lowest BCUT2D eigenvalue weighted by atomic mass is 9.89. The predicted octanol–water partition coefficient (Wildman–Crippen LogP) is 1.29. The van der Waals surface area contributed by atoms with Crippen molar-refractivity contribution in [3.63, 3.8) is 0 Å². The fourth-order valence-electron chi connectivity index (χ4n) is 3.25. The number of piperidine rings is 1. The molecule has 0 radical (unpaired) electrons. The molecule has 0 spiro atoms. The number of nitrogens with zero attached hydrogens (tertiary/aromatic N) is 3. The van der Waals surface area contributed by atoms with Gasteiger partial charge in [0.2, 0.25) is 5.91 Å². The Kier molecular flexibility index (Phi) is 4.32. The highest BCUT2D eigenvalue weighted by atomic mass is 16.2. The Morgan fingerprint density at radius 3 is 2.35 bits per heavy atom. The van der Waals surface area contributed by atoms with Crippen LogP contribution < -0.4 is 0 Å². The Hall–Kier alpha value is -2.37. The van der Waals surface area contributed by atoms with Crippen LogP contribution in [0.5, 0.6) is 0 Å². The van der Waals surface area contributed by atoms with Gasteiger partial charge >= 0.3 is 6.03 Å². The van der Waals surface area contributed by atoms with Crippen LogP contribution in [-0.4, -0.2) is 65.8 Å². The van der Waals surface area contributed by atoms with Crippen molar-refractivity contribution in [2.45, 2.75) is 18.8 Å². The van der Waals surface area contributed by atoms with E-state index in [1.165, 1.54) is 10.5 Å². The molecular formula is C17H21N3O3. The van der Waals surface area contributed by atoms with E-state index in [9.17, 15) is 14.4 Å². The van der Waals surface area contributed by atoms with Crippen molar-refractivity contribution in [1.82, 2.24) is 14.7 Å². The van der Waals surface area contributed by atoms with E-state index in [0.29, 0.717) is 19.0 Å². The van der Waals surface area contributed by atoms with Crippen LogP contribution in [0.1, 0.15) is 24.3 Å². The number of carbonyl (C=O) groups excluding carboxylic acids is 3. The van der Waals surface area contributed by atoms with Crippen molar-refractivity contribution in [3.8, 4) is 0 Å². The first-order valence-electron chi connectivity index (χ1n) is 7.94. The van der Waals surface area contributed by atoms with Crippen molar-refractivity contribution in [1.29, 1.82) is 0 Å². The van der Waals surface area contributed by atoms with Crippen molar-refractivity contribution in [3.05, 3.63) is 35.9 Å². The second kappa shape index (κ2) is 6.40. The molecule has 23 heavy (non-hydrogen) atoms. The van der Waals surface area contributed by atoms with Crippen LogP contribution in [0.2, 0.25) is 0 Å². The molecule has 0 aliphatic carbocycles. The molecule has 1 aromatic carbocycles.